The van der Waals surface area contributed by atoms with E-state index < -0.39 is 9.84 Å². The van der Waals surface area contributed by atoms with Crippen LogP contribution in [0.15, 0.2) is 6.07 Å². The topological polar surface area (TPSA) is 92.3 Å². The molecule has 0 aliphatic carbocycles. The predicted molar refractivity (Wildman–Crippen MR) is 84.9 cm³/mol. The summed E-state index contributed by atoms with van der Waals surface area (Å²) in [4.78, 5) is 22.9. The van der Waals surface area contributed by atoms with Crippen LogP contribution in [0.5, 0.6) is 0 Å². The normalized spacial score (nSPS) is 19.9. The number of sulfone groups is 1. The number of amides is 1. The van der Waals surface area contributed by atoms with Gasteiger partial charge in [-0.25, -0.2) is 18.4 Å². The summed E-state index contributed by atoms with van der Waals surface area (Å²) in [6.07, 6.45) is 0.459. The lowest BCUT2D eigenvalue weighted by Crippen LogP contribution is -2.36. The average molecular weight is 326 g/mol. The molecule has 1 aliphatic heterocycles. The number of nitrogens with zero attached hydrogens (tertiary/aromatic N) is 3. The van der Waals surface area contributed by atoms with Gasteiger partial charge in [-0.2, -0.15) is 0 Å². The van der Waals surface area contributed by atoms with E-state index in [-0.39, 0.29) is 29.1 Å². The van der Waals surface area contributed by atoms with Crippen molar-refractivity contribution in [3.63, 3.8) is 0 Å². The third-order valence-electron chi connectivity index (χ3n) is 3.69. The molecule has 1 aliphatic rings. The molecule has 2 rings (SSSR count). The van der Waals surface area contributed by atoms with E-state index in [4.69, 9.17) is 0 Å². The zero-order valence-corrected chi connectivity index (χ0v) is 14.0. The van der Waals surface area contributed by atoms with E-state index in [1.165, 1.54) is 0 Å². The number of carbonyl (C=O) groups is 1. The number of rotatable bonds is 5. The molecule has 22 heavy (non-hydrogen) atoms. The van der Waals surface area contributed by atoms with Crippen molar-refractivity contribution in [3.05, 3.63) is 17.5 Å². The predicted octanol–water partition coefficient (Wildman–Crippen LogP) is 0.548. The van der Waals surface area contributed by atoms with Crippen LogP contribution in [0.4, 0.5) is 5.95 Å². The molecule has 0 bridgehead atoms. The van der Waals surface area contributed by atoms with Crippen molar-refractivity contribution in [2.75, 3.05) is 29.5 Å². The molecule has 122 valence electrons. The third-order valence-corrected chi connectivity index (χ3v) is 5.46. The van der Waals surface area contributed by atoms with E-state index >= 15 is 0 Å². The second-order valence-electron chi connectivity index (χ2n) is 5.44. The van der Waals surface area contributed by atoms with E-state index in [9.17, 15) is 13.2 Å². The minimum atomic E-state index is -3.02. The van der Waals surface area contributed by atoms with Gasteiger partial charge in [-0.3, -0.25) is 4.79 Å². The van der Waals surface area contributed by atoms with Crippen molar-refractivity contribution in [3.8, 4) is 0 Å². The summed E-state index contributed by atoms with van der Waals surface area (Å²) in [5.74, 6) is 0.312. The Morgan fingerprint density at radius 1 is 1.36 bits per heavy atom. The standard InChI is InChI=1S/C14H22N4O3S/c1-4-18(5-2)14-15-10(3)8-12(17-14)13(19)16-11-6-7-22(20,21)9-11/h8,11H,4-7,9H2,1-3H3,(H,16,19)/t11-/m1/s1. The summed E-state index contributed by atoms with van der Waals surface area (Å²) in [6, 6.07) is 1.29. The molecule has 1 N–H and O–H groups in total. The minimum Gasteiger partial charge on any atom is -0.347 e. The molecule has 1 atom stereocenters. The van der Waals surface area contributed by atoms with Gasteiger partial charge in [0.05, 0.1) is 11.5 Å². The molecular formula is C14H22N4O3S. The fourth-order valence-electron chi connectivity index (χ4n) is 2.49. The van der Waals surface area contributed by atoms with Crippen molar-refractivity contribution in [1.82, 2.24) is 15.3 Å². The van der Waals surface area contributed by atoms with Crippen molar-refractivity contribution in [2.24, 2.45) is 0 Å². The maximum Gasteiger partial charge on any atom is 0.270 e. The first-order valence-corrected chi connectivity index (χ1v) is 9.28. The molecule has 8 heteroatoms. The van der Waals surface area contributed by atoms with E-state index in [0.717, 1.165) is 13.1 Å². The van der Waals surface area contributed by atoms with Crippen LogP contribution >= 0.6 is 0 Å². The van der Waals surface area contributed by atoms with Crippen LogP contribution in [0.1, 0.15) is 36.5 Å². The minimum absolute atomic E-state index is 0.00566. The Morgan fingerprint density at radius 3 is 2.59 bits per heavy atom. The highest BCUT2D eigenvalue weighted by atomic mass is 32.2. The first-order valence-electron chi connectivity index (χ1n) is 7.46. The van der Waals surface area contributed by atoms with E-state index in [0.29, 0.717) is 18.1 Å². The Labute approximate surface area is 131 Å². The summed E-state index contributed by atoms with van der Waals surface area (Å²) in [7, 11) is -3.02. The van der Waals surface area contributed by atoms with Gasteiger partial charge in [-0.05, 0) is 33.3 Å². The molecule has 1 fully saturated rings. The Hall–Kier alpha value is -1.70. The van der Waals surface area contributed by atoms with E-state index in [1.54, 1.807) is 6.07 Å². The Morgan fingerprint density at radius 2 is 2.05 bits per heavy atom. The Bertz CT molecular complexity index is 656. The number of hydrogen-bond donors (Lipinski definition) is 1. The van der Waals surface area contributed by atoms with Crippen molar-refractivity contribution >= 4 is 21.7 Å². The maximum absolute atomic E-state index is 12.3. The fourth-order valence-corrected chi connectivity index (χ4v) is 4.16. The SMILES string of the molecule is CCN(CC)c1nc(C)cc(C(=O)N[C@@H]2CCS(=O)(=O)C2)n1. The summed E-state index contributed by atoms with van der Waals surface area (Å²) in [6.45, 7) is 7.31. The lowest BCUT2D eigenvalue weighted by atomic mass is 10.2. The Balaban J connectivity index is 2.16. The van der Waals surface area contributed by atoms with Crippen LogP contribution in [-0.4, -0.2) is 54.9 Å². The van der Waals surface area contributed by atoms with Crippen LogP contribution < -0.4 is 10.2 Å². The molecule has 1 amide bonds. The molecule has 1 aromatic heterocycles. The maximum atomic E-state index is 12.3. The molecule has 0 spiro atoms. The first kappa shape index (κ1) is 16.7. The monoisotopic (exact) mass is 326 g/mol. The molecule has 0 saturated carbocycles. The van der Waals surface area contributed by atoms with Gasteiger partial charge in [0, 0.05) is 24.8 Å². The molecule has 0 unspecified atom stereocenters. The van der Waals surface area contributed by atoms with Crippen molar-refractivity contribution in [1.29, 1.82) is 0 Å². The highest BCUT2D eigenvalue weighted by Gasteiger charge is 2.29. The van der Waals surface area contributed by atoms with Crippen LogP contribution in [-0.2, 0) is 9.84 Å². The van der Waals surface area contributed by atoms with Gasteiger partial charge < -0.3 is 10.2 Å². The van der Waals surface area contributed by atoms with Crippen molar-refractivity contribution < 1.29 is 13.2 Å². The number of aromatic nitrogens is 2. The first-order chi connectivity index (χ1) is 10.3. The second-order valence-corrected chi connectivity index (χ2v) is 7.67. The van der Waals surface area contributed by atoms with Crippen LogP contribution in [0.2, 0.25) is 0 Å². The average Bonchev–Trinajstić information content (AvgIpc) is 2.78. The molecule has 2 heterocycles. The summed E-state index contributed by atoms with van der Waals surface area (Å²) in [5, 5.41) is 2.75. The summed E-state index contributed by atoms with van der Waals surface area (Å²) in [5.41, 5.74) is 0.986. The highest BCUT2D eigenvalue weighted by Crippen LogP contribution is 2.13. The second kappa shape index (κ2) is 6.60. The van der Waals surface area contributed by atoms with E-state index in [2.05, 4.69) is 15.3 Å². The smallest absolute Gasteiger partial charge is 0.270 e. The molecule has 1 aromatic rings. The zero-order chi connectivity index (χ0) is 16.3. The van der Waals surface area contributed by atoms with E-state index in [1.807, 2.05) is 25.7 Å². The van der Waals surface area contributed by atoms with Crippen molar-refractivity contribution in [2.45, 2.75) is 33.2 Å². The van der Waals surface area contributed by atoms with Gasteiger partial charge >= 0.3 is 0 Å². The van der Waals surface area contributed by atoms with Gasteiger partial charge in [0.15, 0.2) is 9.84 Å². The lowest BCUT2D eigenvalue weighted by molar-refractivity contribution is 0.0936. The number of hydrogen-bond acceptors (Lipinski definition) is 6. The summed E-state index contributed by atoms with van der Waals surface area (Å²) < 4.78 is 22.9. The fraction of sp³-hybridized carbons (Fsp3) is 0.643. The van der Waals surface area contributed by atoms with Gasteiger partial charge in [0.1, 0.15) is 5.69 Å². The third kappa shape index (κ3) is 3.94. The number of carbonyl (C=O) groups excluding carboxylic acids is 1. The molecule has 7 nitrogen and oxygen atoms in total. The van der Waals surface area contributed by atoms with Gasteiger partial charge in [0.2, 0.25) is 5.95 Å². The van der Waals surface area contributed by atoms with Crippen LogP contribution in [0.3, 0.4) is 0 Å². The van der Waals surface area contributed by atoms with Gasteiger partial charge in [0.25, 0.3) is 5.91 Å². The largest absolute Gasteiger partial charge is 0.347 e. The van der Waals surface area contributed by atoms with Crippen LogP contribution in [0.25, 0.3) is 0 Å². The highest BCUT2D eigenvalue weighted by molar-refractivity contribution is 7.91. The van der Waals surface area contributed by atoms with Gasteiger partial charge in [-0.1, -0.05) is 0 Å². The number of nitrogens with one attached hydrogen (secondary N) is 1. The zero-order valence-electron chi connectivity index (χ0n) is 13.2. The number of anilines is 1. The molecular weight excluding hydrogens is 304 g/mol. The quantitative estimate of drug-likeness (QED) is 0.849. The number of aryl methyl sites for hydroxylation is 1. The van der Waals surface area contributed by atoms with Crippen LogP contribution in [0, 0.1) is 6.92 Å². The summed E-state index contributed by atoms with van der Waals surface area (Å²) >= 11 is 0. The Kier molecular flexibility index (Phi) is 5.00. The molecule has 0 aromatic carbocycles. The van der Waals surface area contributed by atoms with Gasteiger partial charge in [-0.15, -0.1) is 0 Å². The lowest BCUT2D eigenvalue weighted by Gasteiger charge is -2.19. The molecule has 0 radical (unpaired) electrons. The molecule has 1 saturated heterocycles.